The van der Waals surface area contributed by atoms with Gasteiger partial charge >= 0.3 is 0 Å². The quantitative estimate of drug-likeness (QED) is 0.745. The zero-order valence-electron chi connectivity index (χ0n) is 7.68. The van der Waals surface area contributed by atoms with Crippen LogP contribution < -0.4 is 11.3 Å². The number of nitrogens with one attached hydrogen (secondary N) is 1. The maximum absolute atomic E-state index is 11.3. The lowest BCUT2D eigenvalue weighted by Gasteiger charge is -1.94. The number of rotatable bonds is 2. The maximum atomic E-state index is 11.3. The summed E-state index contributed by atoms with van der Waals surface area (Å²) in [6.07, 6.45) is 2.84. The van der Waals surface area contributed by atoms with Crippen molar-refractivity contribution in [3.63, 3.8) is 0 Å². The van der Waals surface area contributed by atoms with Crippen LogP contribution in [0.2, 0.25) is 0 Å². The van der Waals surface area contributed by atoms with Gasteiger partial charge in [0, 0.05) is 11.1 Å². The van der Waals surface area contributed by atoms with Gasteiger partial charge in [-0.1, -0.05) is 6.07 Å². The predicted octanol–water partition coefficient (Wildman–Crippen LogP) is 1.16. The fourth-order valence-electron chi connectivity index (χ4n) is 1.02. The molecule has 0 aliphatic carbocycles. The molecule has 2 aromatic heterocycles. The number of hydrogen-bond donors (Lipinski definition) is 2. The van der Waals surface area contributed by atoms with Crippen LogP contribution >= 0.6 is 11.3 Å². The van der Waals surface area contributed by atoms with Crippen molar-refractivity contribution < 1.29 is 0 Å². The average molecular weight is 220 g/mol. The first kappa shape index (κ1) is 9.60. The third-order valence-electron chi connectivity index (χ3n) is 1.72. The molecule has 0 radical (unpaired) electrons. The molecule has 6 heteroatoms. The Morgan fingerprint density at radius 1 is 1.60 bits per heavy atom. The van der Waals surface area contributed by atoms with E-state index in [1.165, 1.54) is 17.7 Å². The Balaban J connectivity index is 2.36. The van der Waals surface area contributed by atoms with Gasteiger partial charge in [-0.3, -0.25) is 4.79 Å². The molecule has 5 nitrogen and oxygen atoms in total. The summed E-state index contributed by atoms with van der Waals surface area (Å²) in [4.78, 5) is 22.4. The molecule has 0 bridgehead atoms. The van der Waals surface area contributed by atoms with Crippen LogP contribution in [0.1, 0.15) is 4.88 Å². The van der Waals surface area contributed by atoms with Crippen molar-refractivity contribution in [2.75, 3.05) is 5.73 Å². The highest BCUT2D eigenvalue weighted by atomic mass is 32.1. The van der Waals surface area contributed by atoms with Crippen molar-refractivity contribution >= 4 is 29.1 Å². The number of thiophene rings is 1. The number of nitrogen functional groups attached to an aromatic ring is 1. The molecular formula is C9H8N4OS. The van der Waals surface area contributed by atoms with Crippen molar-refractivity contribution in [3.05, 3.63) is 39.1 Å². The van der Waals surface area contributed by atoms with Crippen LogP contribution in [-0.4, -0.2) is 16.2 Å². The summed E-state index contributed by atoms with van der Waals surface area (Å²) in [6, 6.07) is 3.80. The topological polar surface area (TPSA) is 84.1 Å². The van der Waals surface area contributed by atoms with Crippen LogP contribution in [0, 0.1) is 0 Å². The third kappa shape index (κ3) is 2.10. The van der Waals surface area contributed by atoms with E-state index >= 15 is 0 Å². The summed E-state index contributed by atoms with van der Waals surface area (Å²) >= 11 is 1.53. The summed E-state index contributed by atoms with van der Waals surface area (Å²) in [5.41, 5.74) is 5.33. The minimum absolute atomic E-state index is 0.131. The summed E-state index contributed by atoms with van der Waals surface area (Å²) in [7, 11) is 0. The zero-order valence-corrected chi connectivity index (χ0v) is 8.49. The molecule has 0 atom stereocenters. The summed E-state index contributed by atoms with van der Waals surface area (Å²) in [5.74, 6) is 0.131. The van der Waals surface area contributed by atoms with E-state index in [0.29, 0.717) is 0 Å². The second-order valence-electron chi connectivity index (χ2n) is 2.74. The minimum atomic E-state index is -0.338. The fraction of sp³-hybridized carbons (Fsp3) is 0. The second-order valence-corrected chi connectivity index (χ2v) is 3.72. The number of hydrogen-bond acceptors (Lipinski definition) is 5. The lowest BCUT2D eigenvalue weighted by atomic mass is 10.4. The number of nitrogens with two attached hydrogens (primary N) is 1. The zero-order chi connectivity index (χ0) is 10.7. The van der Waals surface area contributed by atoms with Crippen molar-refractivity contribution in [2.45, 2.75) is 0 Å². The Hall–Kier alpha value is -1.95. The van der Waals surface area contributed by atoms with Gasteiger partial charge in [0.25, 0.3) is 5.56 Å². The van der Waals surface area contributed by atoms with E-state index in [-0.39, 0.29) is 17.1 Å². The van der Waals surface area contributed by atoms with Crippen LogP contribution in [0.15, 0.2) is 33.6 Å². The molecule has 0 fully saturated rings. The standard InChI is InChI=1S/C9H8N4OS/c10-8-7(9(14)13-5-12-8)11-4-6-2-1-3-15-6/h1-5H,(H3,10,12,13,14). The molecule has 0 saturated carbocycles. The average Bonchev–Trinajstić information content (AvgIpc) is 2.70. The highest BCUT2D eigenvalue weighted by Crippen LogP contribution is 2.12. The summed E-state index contributed by atoms with van der Waals surface area (Å²) in [5, 5.41) is 1.93. The normalized spacial score (nSPS) is 10.9. The molecule has 15 heavy (non-hydrogen) atoms. The van der Waals surface area contributed by atoms with E-state index in [2.05, 4.69) is 15.0 Å². The van der Waals surface area contributed by atoms with E-state index in [0.717, 1.165) is 4.88 Å². The first-order valence-electron chi connectivity index (χ1n) is 4.18. The van der Waals surface area contributed by atoms with Gasteiger partial charge in [-0.15, -0.1) is 11.3 Å². The molecule has 2 rings (SSSR count). The number of aromatic amines is 1. The summed E-state index contributed by atoms with van der Waals surface area (Å²) in [6.45, 7) is 0. The van der Waals surface area contributed by atoms with Gasteiger partial charge in [0.05, 0.1) is 6.33 Å². The maximum Gasteiger partial charge on any atom is 0.278 e. The predicted molar refractivity (Wildman–Crippen MR) is 60.8 cm³/mol. The lowest BCUT2D eigenvalue weighted by Crippen LogP contribution is -2.08. The number of aromatic nitrogens is 2. The molecule has 2 aromatic rings. The molecule has 0 aliphatic rings. The van der Waals surface area contributed by atoms with E-state index in [4.69, 9.17) is 5.73 Å². The van der Waals surface area contributed by atoms with Crippen LogP contribution in [0.4, 0.5) is 11.5 Å². The third-order valence-corrected chi connectivity index (χ3v) is 2.53. The van der Waals surface area contributed by atoms with Crippen LogP contribution in [-0.2, 0) is 0 Å². The van der Waals surface area contributed by atoms with E-state index < -0.39 is 0 Å². The Morgan fingerprint density at radius 3 is 3.13 bits per heavy atom. The smallest absolute Gasteiger partial charge is 0.278 e. The minimum Gasteiger partial charge on any atom is -0.382 e. The van der Waals surface area contributed by atoms with Crippen molar-refractivity contribution in [1.82, 2.24) is 9.97 Å². The number of anilines is 1. The molecule has 0 spiro atoms. The molecule has 0 saturated heterocycles. The first-order valence-corrected chi connectivity index (χ1v) is 5.06. The van der Waals surface area contributed by atoms with Crippen LogP contribution in [0.3, 0.4) is 0 Å². The lowest BCUT2D eigenvalue weighted by molar-refractivity contribution is 1.12. The highest BCUT2D eigenvalue weighted by molar-refractivity contribution is 7.11. The Morgan fingerprint density at radius 2 is 2.47 bits per heavy atom. The first-order chi connectivity index (χ1) is 7.27. The number of aliphatic imine (C=N–C) groups is 1. The van der Waals surface area contributed by atoms with E-state index in [1.807, 2.05) is 17.5 Å². The van der Waals surface area contributed by atoms with E-state index in [1.54, 1.807) is 6.21 Å². The monoisotopic (exact) mass is 220 g/mol. The summed E-state index contributed by atoms with van der Waals surface area (Å²) < 4.78 is 0. The fourth-order valence-corrected chi connectivity index (χ4v) is 1.61. The highest BCUT2D eigenvalue weighted by Gasteiger charge is 2.02. The van der Waals surface area contributed by atoms with Gasteiger partial charge in [-0.05, 0) is 11.4 Å². The molecule has 0 aromatic carbocycles. The molecular weight excluding hydrogens is 212 g/mol. The molecule has 0 aliphatic heterocycles. The Kier molecular flexibility index (Phi) is 2.59. The molecule has 76 valence electrons. The van der Waals surface area contributed by atoms with Gasteiger partial charge in [-0.25, -0.2) is 9.98 Å². The van der Waals surface area contributed by atoms with Crippen LogP contribution in [0.25, 0.3) is 0 Å². The molecule has 0 unspecified atom stereocenters. The van der Waals surface area contributed by atoms with Crippen molar-refractivity contribution in [2.24, 2.45) is 4.99 Å². The number of H-pyrrole nitrogens is 1. The Labute approximate surface area is 89.3 Å². The van der Waals surface area contributed by atoms with Gasteiger partial charge in [0.15, 0.2) is 11.5 Å². The van der Waals surface area contributed by atoms with Crippen LogP contribution in [0.5, 0.6) is 0 Å². The van der Waals surface area contributed by atoms with Gasteiger partial charge in [0.2, 0.25) is 0 Å². The number of nitrogens with zero attached hydrogens (tertiary/aromatic N) is 2. The van der Waals surface area contributed by atoms with Gasteiger partial charge < -0.3 is 10.7 Å². The Bertz CT molecular complexity index is 529. The SMILES string of the molecule is Nc1nc[nH]c(=O)c1N=Cc1cccs1. The molecule has 0 amide bonds. The van der Waals surface area contributed by atoms with E-state index in [9.17, 15) is 4.79 Å². The van der Waals surface area contributed by atoms with Crippen molar-refractivity contribution in [3.8, 4) is 0 Å². The van der Waals surface area contributed by atoms with Gasteiger partial charge in [0.1, 0.15) is 0 Å². The molecule has 3 N–H and O–H groups in total. The van der Waals surface area contributed by atoms with Crippen molar-refractivity contribution in [1.29, 1.82) is 0 Å². The van der Waals surface area contributed by atoms with Gasteiger partial charge in [-0.2, -0.15) is 0 Å². The second kappa shape index (κ2) is 4.05. The largest absolute Gasteiger partial charge is 0.382 e. The molecule has 2 heterocycles.